The fourth-order valence-corrected chi connectivity index (χ4v) is 1.82. The number of hydrogen-bond acceptors (Lipinski definition) is 1. The van der Waals surface area contributed by atoms with Crippen LogP contribution in [0, 0.1) is 5.82 Å². The molecule has 0 saturated carbocycles. The standard InChI is InChI=1S/C12H17BrFN/c1-3-4-5-9(2)15-12-8-10(13)6-7-11(12)14/h6-9,15H,3-5H2,1-2H3. The molecule has 0 heterocycles. The van der Waals surface area contributed by atoms with Crippen LogP contribution in [0.25, 0.3) is 0 Å². The van der Waals surface area contributed by atoms with Gasteiger partial charge < -0.3 is 5.32 Å². The zero-order valence-corrected chi connectivity index (χ0v) is 10.8. The van der Waals surface area contributed by atoms with E-state index in [2.05, 4.69) is 35.1 Å². The summed E-state index contributed by atoms with van der Waals surface area (Å²) in [5.41, 5.74) is 0.577. The first-order valence-corrected chi connectivity index (χ1v) is 6.14. The van der Waals surface area contributed by atoms with Gasteiger partial charge in [-0.15, -0.1) is 0 Å². The van der Waals surface area contributed by atoms with Crippen molar-refractivity contribution in [2.75, 3.05) is 5.32 Å². The number of rotatable bonds is 5. The third-order valence-corrected chi connectivity index (χ3v) is 2.81. The molecule has 0 aliphatic heterocycles. The van der Waals surface area contributed by atoms with Crippen LogP contribution >= 0.6 is 15.9 Å². The van der Waals surface area contributed by atoms with E-state index in [0.29, 0.717) is 11.7 Å². The Kier molecular flexibility index (Phi) is 5.09. The summed E-state index contributed by atoms with van der Waals surface area (Å²) >= 11 is 3.33. The SMILES string of the molecule is CCCCC(C)Nc1cc(Br)ccc1F. The number of nitrogens with one attached hydrogen (secondary N) is 1. The van der Waals surface area contributed by atoms with E-state index in [-0.39, 0.29) is 5.82 Å². The number of halogens is 2. The molecule has 1 N–H and O–H groups in total. The van der Waals surface area contributed by atoms with Gasteiger partial charge in [-0.05, 0) is 31.5 Å². The first-order valence-electron chi connectivity index (χ1n) is 5.35. The number of hydrogen-bond donors (Lipinski definition) is 1. The average molecular weight is 274 g/mol. The molecule has 1 nitrogen and oxygen atoms in total. The van der Waals surface area contributed by atoms with Gasteiger partial charge in [-0.25, -0.2) is 4.39 Å². The van der Waals surface area contributed by atoms with E-state index in [1.54, 1.807) is 12.1 Å². The Bertz CT molecular complexity index is 314. The lowest BCUT2D eigenvalue weighted by Gasteiger charge is -2.15. The molecule has 1 aromatic rings. The number of benzene rings is 1. The lowest BCUT2D eigenvalue weighted by Crippen LogP contribution is -2.15. The van der Waals surface area contributed by atoms with Crippen molar-refractivity contribution in [3.63, 3.8) is 0 Å². The van der Waals surface area contributed by atoms with Crippen LogP contribution in [-0.4, -0.2) is 6.04 Å². The summed E-state index contributed by atoms with van der Waals surface area (Å²) in [7, 11) is 0. The zero-order chi connectivity index (χ0) is 11.3. The largest absolute Gasteiger partial charge is 0.380 e. The highest BCUT2D eigenvalue weighted by molar-refractivity contribution is 9.10. The summed E-state index contributed by atoms with van der Waals surface area (Å²) in [6.07, 6.45) is 3.42. The molecule has 0 spiro atoms. The van der Waals surface area contributed by atoms with Gasteiger partial charge in [0, 0.05) is 10.5 Å². The Labute approximate surface area is 99.2 Å². The lowest BCUT2D eigenvalue weighted by atomic mass is 10.1. The second-order valence-corrected chi connectivity index (χ2v) is 4.73. The van der Waals surface area contributed by atoms with Crippen LogP contribution in [0.4, 0.5) is 10.1 Å². The van der Waals surface area contributed by atoms with Gasteiger partial charge in [-0.1, -0.05) is 35.7 Å². The van der Waals surface area contributed by atoms with Gasteiger partial charge >= 0.3 is 0 Å². The van der Waals surface area contributed by atoms with Gasteiger partial charge in [-0.3, -0.25) is 0 Å². The Morgan fingerprint density at radius 3 is 2.87 bits per heavy atom. The third kappa shape index (κ3) is 4.20. The summed E-state index contributed by atoms with van der Waals surface area (Å²) in [6, 6.07) is 5.27. The molecule has 1 aromatic carbocycles. The first kappa shape index (κ1) is 12.5. The molecule has 0 saturated heterocycles. The van der Waals surface area contributed by atoms with Crippen molar-refractivity contribution >= 4 is 21.6 Å². The summed E-state index contributed by atoms with van der Waals surface area (Å²) < 4.78 is 14.3. The highest BCUT2D eigenvalue weighted by Gasteiger charge is 2.06. The van der Waals surface area contributed by atoms with Crippen LogP contribution in [0.5, 0.6) is 0 Å². The van der Waals surface area contributed by atoms with Crippen LogP contribution in [-0.2, 0) is 0 Å². The Balaban J connectivity index is 2.59. The molecule has 84 valence electrons. The second-order valence-electron chi connectivity index (χ2n) is 3.81. The third-order valence-electron chi connectivity index (χ3n) is 2.32. The number of unbranched alkanes of at least 4 members (excludes halogenated alkanes) is 1. The van der Waals surface area contributed by atoms with Crippen molar-refractivity contribution in [2.45, 2.75) is 39.2 Å². The van der Waals surface area contributed by atoms with Crippen molar-refractivity contribution in [1.29, 1.82) is 0 Å². The van der Waals surface area contributed by atoms with E-state index in [0.717, 1.165) is 10.9 Å². The molecule has 3 heteroatoms. The fourth-order valence-electron chi connectivity index (χ4n) is 1.46. The van der Waals surface area contributed by atoms with Crippen molar-refractivity contribution < 1.29 is 4.39 Å². The summed E-state index contributed by atoms with van der Waals surface area (Å²) in [5, 5.41) is 3.18. The molecule has 0 radical (unpaired) electrons. The zero-order valence-electron chi connectivity index (χ0n) is 9.19. The smallest absolute Gasteiger partial charge is 0.146 e. The molecule has 1 unspecified atom stereocenters. The van der Waals surface area contributed by atoms with Crippen molar-refractivity contribution in [3.05, 3.63) is 28.5 Å². The fraction of sp³-hybridized carbons (Fsp3) is 0.500. The maximum Gasteiger partial charge on any atom is 0.146 e. The van der Waals surface area contributed by atoms with Gasteiger partial charge in [0.2, 0.25) is 0 Å². The van der Waals surface area contributed by atoms with E-state index in [1.807, 2.05) is 0 Å². The maximum absolute atomic E-state index is 13.4. The van der Waals surface area contributed by atoms with Crippen molar-refractivity contribution in [2.24, 2.45) is 0 Å². The molecule has 0 amide bonds. The highest BCUT2D eigenvalue weighted by Crippen LogP contribution is 2.21. The lowest BCUT2D eigenvalue weighted by molar-refractivity contribution is 0.612. The molecule has 1 rings (SSSR count). The Morgan fingerprint density at radius 1 is 1.47 bits per heavy atom. The minimum absolute atomic E-state index is 0.193. The molecule has 0 aliphatic rings. The quantitative estimate of drug-likeness (QED) is 0.828. The first-order chi connectivity index (χ1) is 7.13. The van der Waals surface area contributed by atoms with Gasteiger partial charge in [-0.2, -0.15) is 0 Å². The summed E-state index contributed by atoms with van der Waals surface area (Å²) in [4.78, 5) is 0. The van der Waals surface area contributed by atoms with Gasteiger partial charge in [0.05, 0.1) is 5.69 Å². The normalized spacial score (nSPS) is 12.5. The van der Waals surface area contributed by atoms with Crippen LogP contribution in [0.3, 0.4) is 0 Å². The molecular formula is C12H17BrFN. The predicted octanol–water partition coefficient (Wildman–Crippen LogP) is 4.58. The topological polar surface area (TPSA) is 12.0 Å². The highest BCUT2D eigenvalue weighted by atomic mass is 79.9. The molecule has 1 atom stereocenters. The molecule has 0 fully saturated rings. The van der Waals surface area contributed by atoms with Crippen molar-refractivity contribution in [3.8, 4) is 0 Å². The predicted molar refractivity (Wildman–Crippen MR) is 66.7 cm³/mol. The van der Waals surface area contributed by atoms with Crippen LogP contribution < -0.4 is 5.32 Å². The second kappa shape index (κ2) is 6.11. The van der Waals surface area contributed by atoms with Crippen molar-refractivity contribution in [1.82, 2.24) is 0 Å². The summed E-state index contributed by atoms with van der Waals surface area (Å²) in [6.45, 7) is 4.24. The Morgan fingerprint density at radius 2 is 2.20 bits per heavy atom. The van der Waals surface area contributed by atoms with E-state index in [1.165, 1.54) is 18.9 Å². The van der Waals surface area contributed by atoms with Gasteiger partial charge in [0.15, 0.2) is 0 Å². The van der Waals surface area contributed by atoms with E-state index < -0.39 is 0 Å². The average Bonchev–Trinajstić information content (AvgIpc) is 2.20. The Hall–Kier alpha value is -0.570. The van der Waals surface area contributed by atoms with Crippen LogP contribution in [0.15, 0.2) is 22.7 Å². The van der Waals surface area contributed by atoms with Gasteiger partial charge in [0.25, 0.3) is 0 Å². The van der Waals surface area contributed by atoms with Crippen LogP contribution in [0.2, 0.25) is 0 Å². The van der Waals surface area contributed by atoms with E-state index >= 15 is 0 Å². The molecular weight excluding hydrogens is 257 g/mol. The van der Waals surface area contributed by atoms with E-state index in [9.17, 15) is 4.39 Å². The summed E-state index contributed by atoms with van der Waals surface area (Å²) in [5.74, 6) is -0.193. The minimum atomic E-state index is -0.193. The monoisotopic (exact) mass is 273 g/mol. The molecule has 0 aliphatic carbocycles. The maximum atomic E-state index is 13.4. The molecule has 0 aromatic heterocycles. The number of anilines is 1. The van der Waals surface area contributed by atoms with Gasteiger partial charge in [0.1, 0.15) is 5.82 Å². The minimum Gasteiger partial charge on any atom is -0.380 e. The van der Waals surface area contributed by atoms with E-state index in [4.69, 9.17) is 0 Å². The van der Waals surface area contributed by atoms with Crippen LogP contribution in [0.1, 0.15) is 33.1 Å². The molecule has 15 heavy (non-hydrogen) atoms. The molecule has 0 bridgehead atoms.